The average Bonchev–Trinajstić information content (AvgIpc) is 2.88. The molecule has 3 unspecified atom stereocenters. The lowest BCUT2D eigenvalue weighted by atomic mass is 9.93. The molecule has 1 fully saturated rings. The van der Waals surface area contributed by atoms with Gasteiger partial charge in [-0.2, -0.15) is 0 Å². The molecule has 1 aliphatic heterocycles. The summed E-state index contributed by atoms with van der Waals surface area (Å²) >= 11 is 0. The minimum Gasteiger partial charge on any atom is -0.458 e. The van der Waals surface area contributed by atoms with Crippen molar-refractivity contribution < 1.29 is 24.5 Å². The molecule has 0 aromatic heterocycles. The molecule has 0 aliphatic carbocycles. The second kappa shape index (κ2) is 13.0. The third kappa shape index (κ3) is 8.11. The summed E-state index contributed by atoms with van der Waals surface area (Å²) in [6, 6.07) is 0. The van der Waals surface area contributed by atoms with Crippen LogP contribution in [0.25, 0.3) is 0 Å². The molecule has 6 nitrogen and oxygen atoms in total. The third-order valence-electron chi connectivity index (χ3n) is 5.20. The Balaban J connectivity index is 2.03. The summed E-state index contributed by atoms with van der Waals surface area (Å²) in [4.78, 5) is 23.3. The topological polar surface area (TPSA) is 110 Å². The van der Waals surface area contributed by atoms with Gasteiger partial charge in [-0.15, -0.1) is 0 Å². The Morgan fingerprint density at radius 3 is 2.33 bits per heavy atom. The molecule has 27 heavy (non-hydrogen) atoms. The highest BCUT2D eigenvalue weighted by atomic mass is 16.6. The van der Waals surface area contributed by atoms with E-state index in [1.807, 2.05) is 12.2 Å². The van der Waals surface area contributed by atoms with Crippen molar-refractivity contribution in [1.82, 2.24) is 0 Å². The van der Waals surface area contributed by atoms with Crippen molar-refractivity contribution in [2.45, 2.75) is 102 Å². The van der Waals surface area contributed by atoms with Crippen molar-refractivity contribution in [2.24, 2.45) is 5.73 Å². The van der Waals surface area contributed by atoms with Gasteiger partial charge in [0.1, 0.15) is 18.0 Å². The predicted molar refractivity (Wildman–Crippen MR) is 105 cm³/mol. The number of unbranched alkanes of at least 4 members (excludes halogenated alkanes) is 7. The number of cyclic esters (lactones) is 1. The SMILES string of the molecule is CCCCCCC(=O)CCCCCC/C=C/CC1OC(=O)C(N)(CO)C1O. The Morgan fingerprint density at radius 1 is 1.11 bits per heavy atom. The molecule has 0 spiro atoms. The first-order valence-electron chi connectivity index (χ1n) is 10.4. The lowest BCUT2D eigenvalue weighted by Gasteiger charge is -2.21. The molecule has 0 aromatic rings. The molecule has 0 radical (unpaired) electrons. The molecular formula is C21H37NO5. The van der Waals surface area contributed by atoms with Crippen LogP contribution in [0.4, 0.5) is 0 Å². The van der Waals surface area contributed by atoms with E-state index in [-0.39, 0.29) is 0 Å². The minimum atomic E-state index is -1.70. The van der Waals surface area contributed by atoms with E-state index in [9.17, 15) is 14.7 Å². The van der Waals surface area contributed by atoms with Gasteiger partial charge in [0, 0.05) is 19.3 Å². The summed E-state index contributed by atoms with van der Waals surface area (Å²) in [5.41, 5.74) is 3.97. The van der Waals surface area contributed by atoms with Gasteiger partial charge < -0.3 is 20.7 Å². The van der Waals surface area contributed by atoms with Gasteiger partial charge in [-0.3, -0.25) is 4.79 Å². The standard InChI is InChI=1S/C21H37NO5/c1-2-3-4-10-13-17(24)14-11-8-6-5-7-9-12-15-18-19(25)21(22,16-23)20(26)27-18/h9,12,18-19,23,25H,2-8,10-11,13-16,22H2,1H3/b12-9+. The van der Waals surface area contributed by atoms with Gasteiger partial charge in [0.05, 0.1) is 6.61 Å². The van der Waals surface area contributed by atoms with Crippen molar-refractivity contribution in [3.63, 3.8) is 0 Å². The van der Waals surface area contributed by atoms with E-state index >= 15 is 0 Å². The molecule has 1 heterocycles. The molecule has 0 bridgehead atoms. The number of hydrogen-bond donors (Lipinski definition) is 3. The van der Waals surface area contributed by atoms with Crippen LogP contribution in [0.2, 0.25) is 0 Å². The van der Waals surface area contributed by atoms with Gasteiger partial charge in [0.2, 0.25) is 0 Å². The van der Waals surface area contributed by atoms with Gasteiger partial charge in [-0.1, -0.05) is 51.2 Å². The second-order valence-electron chi connectivity index (χ2n) is 7.60. The third-order valence-corrected chi connectivity index (χ3v) is 5.20. The maximum Gasteiger partial charge on any atom is 0.331 e. The van der Waals surface area contributed by atoms with Crippen LogP contribution in [0.1, 0.15) is 84.0 Å². The highest BCUT2D eigenvalue weighted by Crippen LogP contribution is 2.26. The summed E-state index contributed by atoms with van der Waals surface area (Å²) in [5, 5.41) is 19.2. The van der Waals surface area contributed by atoms with Crippen LogP contribution in [0.15, 0.2) is 12.2 Å². The van der Waals surface area contributed by atoms with Crippen molar-refractivity contribution in [3.05, 3.63) is 12.2 Å². The number of aliphatic hydroxyl groups is 2. The first-order chi connectivity index (χ1) is 13.0. The van der Waals surface area contributed by atoms with Gasteiger partial charge in [0.25, 0.3) is 0 Å². The Bertz CT molecular complexity index is 479. The predicted octanol–water partition coefficient (Wildman–Crippen LogP) is 2.79. The van der Waals surface area contributed by atoms with Gasteiger partial charge >= 0.3 is 5.97 Å². The number of ether oxygens (including phenoxy) is 1. The summed E-state index contributed by atoms with van der Waals surface area (Å²) in [6.07, 6.45) is 13.5. The Morgan fingerprint density at radius 2 is 1.74 bits per heavy atom. The molecule has 156 valence electrons. The number of esters is 1. The fourth-order valence-electron chi connectivity index (χ4n) is 3.26. The van der Waals surface area contributed by atoms with E-state index in [1.165, 1.54) is 12.8 Å². The van der Waals surface area contributed by atoms with Crippen LogP contribution < -0.4 is 5.73 Å². The highest BCUT2D eigenvalue weighted by molar-refractivity contribution is 5.84. The zero-order valence-corrected chi connectivity index (χ0v) is 16.7. The average molecular weight is 384 g/mol. The van der Waals surface area contributed by atoms with Crippen LogP contribution in [0, 0.1) is 0 Å². The Labute approximate surface area is 163 Å². The van der Waals surface area contributed by atoms with Gasteiger partial charge in [-0.05, 0) is 25.7 Å². The Hall–Kier alpha value is -1.24. The molecule has 1 saturated heterocycles. The van der Waals surface area contributed by atoms with E-state index in [1.54, 1.807) is 0 Å². The second-order valence-corrected chi connectivity index (χ2v) is 7.60. The van der Waals surface area contributed by atoms with Crippen LogP contribution in [-0.4, -0.2) is 46.3 Å². The molecule has 4 N–H and O–H groups in total. The molecule has 3 atom stereocenters. The van der Waals surface area contributed by atoms with Crippen LogP contribution in [0.5, 0.6) is 0 Å². The summed E-state index contributed by atoms with van der Waals surface area (Å²) < 4.78 is 5.05. The van der Waals surface area contributed by atoms with Crippen LogP contribution in [0.3, 0.4) is 0 Å². The van der Waals surface area contributed by atoms with Crippen molar-refractivity contribution in [2.75, 3.05) is 6.61 Å². The molecule has 1 rings (SSSR count). The number of ketones is 1. The first kappa shape index (κ1) is 23.8. The number of carbonyl (C=O) groups excluding carboxylic acids is 2. The van der Waals surface area contributed by atoms with Gasteiger partial charge in [0.15, 0.2) is 5.54 Å². The first-order valence-corrected chi connectivity index (χ1v) is 10.4. The van der Waals surface area contributed by atoms with Gasteiger partial charge in [-0.25, -0.2) is 4.79 Å². The number of nitrogens with two attached hydrogens (primary N) is 1. The normalized spacial score (nSPS) is 25.3. The molecule has 6 heteroatoms. The number of allylic oxidation sites excluding steroid dienone is 1. The zero-order valence-electron chi connectivity index (χ0n) is 16.7. The fourth-order valence-corrected chi connectivity index (χ4v) is 3.26. The van der Waals surface area contributed by atoms with Crippen LogP contribution >= 0.6 is 0 Å². The number of hydrogen-bond acceptors (Lipinski definition) is 6. The van der Waals surface area contributed by atoms with Crippen LogP contribution in [-0.2, 0) is 14.3 Å². The molecule has 0 saturated carbocycles. The fraction of sp³-hybridized carbons (Fsp3) is 0.810. The lowest BCUT2D eigenvalue weighted by molar-refractivity contribution is -0.146. The van der Waals surface area contributed by atoms with Crippen molar-refractivity contribution >= 4 is 11.8 Å². The summed E-state index contributed by atoms with van der Waals surface area (Å²) in [7, 11) is 0. The molecule has 1 aliphatic rings. The summed E-state index contributed by atoms with van der Waals surface area (Å²) in [6.45, 7) is 1.54. The largest absolute Gasteiger partial charge is 0.458 e. The van der Waals surface area contributed by atoms with E-state index in [4.69, 9.17) is 15.6 Å². The monoisotopic (exact) mass is 383 g/mol. The van der Waals surface area contributed by atoms with E-state index in [0.717, 1.165) is 51.4 Å². The number of Topliss-reactive ketones (excluding diaryl/α,β-unsaturated/α-hetero) is 1. The number of carbonyl (C=O) groups is 2. The van der Waals surface area contributed by atoms with E-state index < -0.39 is 30.3 Å². The molecule has 0 aromatic carbocycles. The minimum absolute atomic E-state index is 0.387. The van der Waals surface area contributed by atoms with Crippen molar-refractivity contribution in [3.8, 4) is 0 Å². The maximum absolute atomic E-state index is 11.7. The smallest absolute Gasteiger partial charge is 0.331 e. The lowest BCUT2D eigenvalue weighted by Crippen LogP contribution is -2.57. The van der Waals surface area contributed by atoms with E-state index in [2.05, 4.69) is 6.92 Å². The molecular weight excluding hydrogens is 346 g/mol. The summed E-state index contributed by atoms with van der Waals surface area (Å²) in [5.74, 6) is -0.356. The quantitative estimate of drug-likeness (QED) is 0.228. The van der Waals surface area contributed by atoms with Crippen molar-refractivity contribution in [1.29, 1.82) is 0 Å². The molecule has 0 amide bonds. The Kier molecular flexibility index (Phi) is 11.5. The number of aliphatic hydroxyl groups excluding tert-OH is 2. The number of rotatable bonds is 15. The zero-order chi connectivity index (χ0) is 20.1. The maximum atomic E-state index is 11.7. The highest BCUT2D eigenvalue weighted by Gasteiger charge is 2.53. The van der Waals surface area contributed by atoms with E-state index in [0.29, 0.717) is 18.6 Å².